The van der Waals surface area contributed by atoms with E-state index in [4.69, 9.17) is 4.74 Å². The Morgan fingerprint density at radius 1 is 1.36 bits per heavy atom. The Hall–Kier alpha value is -2.63. The summed E-state index contributed by atoms with van der Waals surface area (Å²) in [5, 5.41) is 3.01. The maximum atomic E-state index is 12.5. The minimum Gasteiger partial charge on any atom is -0.488 e. The van der Waals surface area contributed by atoms with Gasteiger partial charge in [-0.3, -0.25) is 0 Å². The molecule has 3 heterocycles. The third-order valence-electron chi connectivity index (χ3n) is 4.79. The minimum absolute atomic E-state index is 0.00689. The molecule has 1 atom stereocenters. The summed E-state index contributed by atoms with van der Waals surface area (Å²) in [6, 6.07) is 7.98. The van der Waals surface area contributed by atoms with E-state index in [0.29, 0.717) is 19.6 Å². The van der Waals surface area contributed by atoms with Gasteiger partial charge in [-0.25, -0.2) is 14.8 Å². The molecular formula is C19H22N4O2. The SMILES string of the molecule is CCc1ncc2c(n1)CN(C(=O)NC[C@H]1Cc3ccccc3O1)CC2. The van der Waals surface area contributed by atoms with Crippen LogP contribution < -0.4 is 10.1 Å². The molecule has 0 saturated heterocycles. The smallest absolute Gasteiger partial charge is 0.317 e. The first-order valence-electron chi connectivity index (χ1n) is 8.84. The predicted octanol–water partition coefficient (Wildman–Crippen LogP) is 2.11. The van der Waals surface area contributed by atoms with Crippen molar-refractivity contribution in [2.24, 2.45) is 0 Å². The van der Waals surface area contributed by atoms with Crippen LogP contribution in [-0.2, 0) is 25.8 Å². The number of para-hydroxylation sites is 1. The summed E-state index contributed by atoms with van der Waals surface area (Å²) < 4.78 is 5.88. The fraction of sp³-hybridized carbons (Fsp3) is 0.421. The number of fused-ring (bicyclic) bond motifs is 2. The van der Waals surface area contributed by atoms with Crippen molar-refractivity contribution in [2.45, 2.75) is 38.8 Å². The van der Waals surface area contributed by atoms with E-state index in [1.807, 2.05) is 36.2 Å². The lowest BCUT2D eigenvalue weighted by Gasteiger charge is -2.28. The molecule has 2 aliphatic heterocycles. The Balaban J connectivity index is 1.33. The Morgan fingerprint density at radius 3 is 3.08 bits per heavy atom. The molecule has 1 aromatic heterocycles. The Morgan fingerprint density at radius 2 is 2.24 bits per heavy atom. The average Bonchev–Trinajstić information content (AvgIpc) is 3.08. The maximum absolute atomic E-state index is 12.5. The van der Waals surface area contributed by atoms with Gasteiger partial charge < -0.3 is 15.0 Å². The normalized spacial score (nSPS) is 18.3. The second-order valence-electron chi connectivity index (χ2n) is 6.52. The number of aryl methyl sites for hydroxylation is 1. The number of benzene rings is 1. The van der Waals surface area contributed by atoms with E-state index in [9.17, 15) is 4.79 Å². The van der Waals surface area contributed by atoms with Crippen LogP contribution in [0.1, 0.15) is 29.6 Å². The third-order valence-corrected chi connectivity index (χ3v) is 4.79. The second-order valence-corrected chi connectivity index (χ2v) is 6.52. The molecule has 0 unspecified atom stereocenters. The van der Waals surface area contributed by atoms with E-state index in [0.717, 1.165) is 42.1 Å². The maximum Gasteiger partial charge on any atom is 0.317 e. The summed E-state index contributed by atoms with van der Waals surface area (Å²) in [6.07, 6.45) is 4.36. The summed E-state index contributed by atoms with van der Waals surface area (Å²) in [5.74, 6) is 1.76. The van der Waals surface area contributed by atoms with Gasteiger partial charge in [-0.05, 0) is 23.6 Å². The second kappa shape index (κ2) is 6.70. The summed E-state index contributed by atoms with van der Waals surface area (Å²) in [6.45, 7) is 3.79. The highest BCUT2D eigenvalue weighted by Gasteiger charge is 2.25. The number of ether oxygens (including phenoxy) is 1. The van der Waals surface area contributed by atoms with Gasteiger partial charge in [0.05, 0.1) is 18.8 Å². The average molecular weight is 338 g/mol. The van der Waals surface area contributed by atoms with Gasteiger partial charge in [-0.2, -0.15) is 0 Å². The highest BCUT2D eigenvalue weighted by Crippen LogP contribution is 2.27. The summed E-state index contributed by atoms with van der Waals surface area (Å²) in [7, 11) is 0. The number of carbonyl (C=O) groups excluding carboxylic acids is 1. The number of aromatic nitrogens is 2. The van der Waals surface area contributed by atoms with Crippen molar-refractivity contribution >= 4 is 6.03 Å². The zero-order chi connectivity index (χ0) is 17.2. The van der Waals surface area contributed by atoms with E-state index in [2.05, 4.69) is 21.4 Å². The zero-order valence-corrected chi connectivity index (χ0v) is 14.4. The molecule has 0 fully saturated rings. The number of rotatable bonds is 3. The molecule has 0 saturated carbocycles. The van der Waals surface area contributed by atoms with Crippen molar-refractivity contribution in [3.8, 4) is 5.75 Å². The van der Waals surface area contributed by atoms with Gasteiger partial charge in [-0.1, -0.05) is 25.1 Å². The number of nitrogens with one attached hydrogen (secondary N) is 1. The summed E-state index contributed by atoms with van der Waals surface area (Å²) in [5.41, 5.74) is 3.33. The summed E-state index contributed by atoms with van der Waals surface area (Å²) >= 11 is 0. The third kappa shape index (κ3) is 3.29. The standard InChI is InChI=1S/C19H22N4O2/c1-2-18-20-10-14-7-8-23(12-16(14)22-18)19(24)21-11-15-9-13-5-3-4-6-17(13)25-15/h3-6,10,15H,2,7-9,11-12H2,1H3,(H,21,24)/t15-/m1/s1. The molecular weight excluding hydrogens is 316 g/mol. The molecule has 0 radical (unpaired) electrons. The number of amides is 2. The van der Waals surface area contributed by atoms with Crippen LogP contribution in [0.25, 0.3) is 0 Å². The molecule has 1 aromatic carbocycles. The molecule has 25 heavy (non-hydrogen) atoms. The van der Waals surface area contributed by atoms with Crippen molar-refractivity contribution < 1.29 is 9.53 Å². The van der Waals surface area contributed by atoms with Gasteiger partial charge in [0.1, 0.15) is 17.7 Å². The summed E-state index contributed by atoms with van der Waals surface area (Å²) in [4.78, 5) is 23.2. The van der Waals surface area contributed by atoms with Crippen LogP contribution in [-0.4, -0.2) is 40.1 Å². The lowest BCUT2D eigenvalue weighted by molar-refractivity contribution is 0.179. The number of hydrogen-bond donors (Lipinski definition) is 1. The van der Waals surface area contributed by atoms with E-state index < -0.39 is 0 Å². The molecule has 1 N–H and O–H groups in total. The van der Waals surface area contributed by atoms with Gasteiger partial charge in [-0.15, -0.1) is 0 Å². The minimum atomic E-state index is -0.0538. The van der Waals surface area contributed by atoms with Crippen LogP contribution in [0.5, 0.6) is 5.75 Å². The van der Waals surface area contributed by atoms with Crippen LogP contribution >= 0.6 is 0 Å². The molecule has 130 valence electrons. The van der Waals surface area contributed by atoms with Gasteiger partial charge in [0.25, 0.3) is 0 Å². The Kier molecular flexibility index (Phi) is 4.26. The van der Waals surface area contributed by atoms with Crippen LogP contribution in [0.15, 0.2) is 30.5 Å². The van der Waals surface area contributed by atoms with E-state index in [-0.39, 0.29) is 12.1 Å². The van der Waals surface area contributed by atoms with Gasteiger partial charge in [0.2, 0.25) is 0 Å². The molecule has 6 nitrogen and oxygen atoms in total. The molecule has 2 aromatic rings. The van der Waals surface area contributed by atoms with Crippen LogP contribution in [0.4, 0.5) is 4.79 Å². The largest absolute Gasteiger partial charge is 0.488 e. The molecule has 2 aliphatic rings. The molecule has 0 bridgehead atoms. The fourth-order valence-electron chi connectivity index (χ4n) is 3.37. The monoisotopic (exact) mass is 338 g/mol. The molecule has 6 heteroatoms. The zero-order valence-electron chi connectivity index (χ0n) is 14.4. The van der Waals surface area contributed by atoms with E-state index in [1.165, 1.54) is 5.56 Å². The van der Waals surface area contributed by atoms with Crippen molar-refractivity contribution in [3.05, 3.63) is 53.1 Å². The van der Waals surface area contributed by atoms with Crippen molar-refractivity contribution in [1.82, 2.24) is 20.2 Å². The van der Waals surface area contributed by atoms with Crippen LogP contribution in [0.3, 0.4) is 0 Å². The van der Waals surface area contributed by atoms with E-state index >= 15 is 0 Å². The number of urea groups is 1. The lowest BCUT2D eigenvalue weighted by atomic mass is 10.1. The highest BCUT2D eigenvalue weighted by atomic mass is 16.5. The first-order chi connectivity index (χ1) is 12.2. The Bertz CT molecular complexity index is 768. The predicted molar refractivity (Wildman–Crippen MR) is 93.5 cm³/mol. The number of hydrogen-bond acceptors (Lipinski definition) is 4. The highest BCUT2D eigenvalue weighted by molar-refractivity contribution is 5.74. The number of carbonyl (C=O) groups is 1. The molecule has 2 amide bonds. The van der Waals surface area contributed by atoms with Gasteiger partial charge >= 0.3 is 6.03 Å². The first kappa shape index (κ1) is 15.9. The topological polar surface area (TPSA) is 67.4 Å². The van der Waals surface area contributed by atoms with Gasteiger partial charge in [0, 0.05) is 25.6 Å². The van der Waals surface area contributed by atoms with Crippen molar-refractivity contribution in [2.75, 3.05) is 13.1 Å². The van der Waals surface area contributed by atoms with Crippen molar-refractivity contribution in [3.63, 3.8) is 0 Å². The van der Waals surface area contributed by atoms with Crippen LogP contribution in [0, 0.1) is 0 Å². The fourth-order valence-corrected chi connectivity index (χ4v) is 3.37. The molecule has 4 rings (SSSR count). The van der Waals surface area contributed by atoms with Crippen LogP contribution in [0.2, 0.25) is 0 Å². The lowest BCUT2D eigenvalue weighted by Crippen LogP contribution is -2.46. The van der Waals surface area contributed by atoms with Gasteiger partial charge in [0.15, 0.2) is 0 Å². The molecule has 0 spiro atoms. The Labute approximate surface area is 147 Å². The van der Waals surface area contributed by atoms with Crippen molar-refractivity contribution in [1.29, 1.82) is 0 Å². The molecule has 0 aliphatic carbocycles. The quantitative estimate of drug-likeness (QED) is 0.931. The van der Waals surface area contributed by atoms with E-state index in [1.54, 1.807) is 0 Å². The number of nitrogens with zero attached hydrogens (tertiary/aromatic N) is 3. The first-order valence-corrected chi connectivity index (χ1v) is 8.84.